The first-order valence-electron chi connectivity index (χ1n) is 2.97. The number of nitrogens with one attached hydrogen (secondary N) is 1. The van der Waals surface area contributed by atoms with Gasteiger partial charge in [-0.05, 0) is 19.4 Å². The van der Waals surface area contributed by atoms with Crippen LogP contribution in [0.5, 0.6) is 0 Å². The zero-order valence-electron chi connectivity index (χ0n) is 5.01. The number of halogens is 1. The molecule has 1 heterocycles. The first kappa shape index (κ1) is 6.83. The molecule has 1 unspecified atom stereocenters. The summed E-state index contributed by atoms with van der Waals surface area (Å²) in [7, 11) is 0. The van der Waals surface area contributed by atoms with Crippen LogP contribution >= 0.6 is 11.8 Å². The van der Waals surface area contributed by atoms with E-state index in [-0.39, 0.29) is 6.17 Å². The van der Waals surface area contributed by atoms with Crippen LogP contribution in [-0.2, 0) is 4.79 Å². The number of rotatable bonds is 2. The zero-order valence-corrected chi connectivity index (χ0v) is 5.77. The molecular weight excluding hydrogens is 140 g/mol. The minimum Gasteiger partial charge on any atom is -0.296 e. The average Bonchev–Trinajstić information content (AvgIpc) is 2.37. The second-order valence-corrected chi connectivity index (χ2v) is 2.45. The molecule has 1 rings (SSSR count). The van der Waals surface area contributed by atoms with Gasteiger partial charge in [0, 0.05) is 11.8 Å². The molecule has 3 nitrogen and oxygen atoms in total. The van der Waals surface area contributed by atoms with Crippen molar-refractivity contribution >= 4 is 18.2 Å². The van der Waals surface area contributed by atoms with Crippen LogP contribution in [0.1, 0.15) is 12.8 Å². The van der Waals surface area contributed by atoms with Crippen molar-refractivity contribution < 1.29 is 4.79 Å². The van der Waals surface area contributed by atoms with E-state index in [1.165, 1.54) is 0 Å². The molecule has 1 N–H and O–H groups in total. The first-order chi connectivity index (χ1) is 4.34. The van der Waals surface area contributed by atoms with E-state index in [1.54, 1.807) is 0 Å². The molecule has 0 aromatic heterocycles. The summed E-state index contributed by atoms with van der Waals surface area (Å²) in [5, 5.41) is 3.07. The highest BCUT2D eigenvalue weighted by Gasteiger charge is 2.18. The van der Waals surface area contributed by atoms with Crippen molar-refractivity contribution in [2.75, 3.05) is 6.54 Å². The molecule has 0 aliphatic carbocycles. The summed E-state index contributed by atoms with van der Waals surface area (Å²) in [6, 6.07) is 0. The van der Waals surface area contributed by atoms with Crippen LogP contribution in [0.4, 0.5) is 0 Å². The number of hydrogen-bond donors (Lipinski definition) is 1. The molecule has 0 saturated carbocycles. The Bertz CT molecular complexity index is 103. The van der Waals surface area contributed by atoms with Gasteiger partial charge in [-0.25, -0.2) is 4.42 Å². The molecule has 1 aliphatic rings. The summed E-state index contributed by atoms with van der Waals surface area (Å²) in [5.74, 6) is 0. The van der Waals surface area contributed by atoms with E-state index >= 15 is 0 Å². The molecule has 0 spiro atoms. The van der Waals surface area contributed by atoms with Crippen LogP contribution in [0, 0.1) is 0 Å². The summed E-state index contributed by atoms with van der Waals surface area (Å²) in [4.78, 5) is 10.0. The van der Waals surface area contributed by atoms with Gasteiger partial charge < -0.3 is 0 Å². The van der Waals surface area contributed by atoms with Gasteiger partial charge >= 0.3 is 0 Å². The molecule has 1 saturated heterocycles. The lowest BCUT2D eigenvalue weighted by Gasteiger charge is -2.14. The standard InChI is InChI=1S/C5H9ClN2O/c6-8(4-9)5-2-1-3-7-5/h4-5,7H,1-3H2. The second kappa shape index (κ2) is 3.03. The lowest BCUT2D eigenvalue weighted by molar-refractivity contribution is -0.115. The van der Waals surface area contributed by atoms with E-state index in [1.807, 2.05) is 0 Å². The smallest absolute Gasteiger partial charge is 0.225 e. The molecule has 9 heavy (non-hydrogen) atoms. The number of amides is 1. The third kappa shape index (κ3) is 1.56. The maximum atomic E-state index is 10.0. The minimum absolute atomic E-state index is 0.0594. The molecule has 1 atom stereocenters. The van der Waals surface area contributed by atoms with Gasteiger partial charge in [0.2, 0.25) is 6.41 Å². The van der Waals surface area contributed by atoms with E-state index in [9.17, 15) is 4.79 Å². The van der Waals surface area contributed by atoms with Crippen LogP contribution in [-0.4, -0.2) is 23.5 Å². The van der Waals surface area contributed by atoms with E-state index in [0.29, 0.717) is 6.41 Å². The minimum atomic E-state index is 0.0594. The van der Waals surface area contributed by atoms with Crippen molar-refractivity contribution in [3.8, 4) is 0 Å². The molecular formula is C5H9ClN2O. The van der Waals surface area contributed by atoms with E-state index < -0.39 is 0 Å². The van der Waals surface area contributed by atoms with Gasteiger partial charge in [0.15, 0.2) is 0 Å². The van der Waals surface area contributed by atoms with Gasteiger partial charge in [0.05, 0.1) is 6.17 Å². The van der Waals surface area contributed by atoms with Crippen LogP contribution in [0.25, 0.3) is 0 Å². The van der Waals surface area contributed by atoms with Gasteiger partial charge in [-0.15, -0.1) is 0 Å². The number of carbonyl (C=O) groups is 1. The summed E-state index contributed by atoms with van der Waals surface area (Å²) in [5.41, 5.74) is 0. The number of carbonyl (C=O) groups excluding carboxylic acids is 1. The molecule has 0 radical (unpaired) electrons. The van der Waals surface area contributed by atoms with Crippen LogP contribution in [0.3, 0.4) is 0 Å². The molecule has 0 aromatic rings. The van der Waals surface area contributed by atoms with Gasteiger partial charge in [0.25, 0.3) is 0 Å². The SMILES string of the molecule is O=CN(Cl)C1CCCN1. The van der Waals surface area contributed by atoms with Crippen molar-refractivity contribution in [1.29, 1.82) is 0 Å². The van der Waals surface area contributed by atoms with Crippen molar-refractivity contribution in [3.05, 3.63) is 0 Å². The van der Waals surface area contributed by atoms with Crippen LogP contribution in [0.15, 0.2) is 0 Å². The lowest BCUT2D eigenvalue weighted by Crippen LogP contribution is -2.34. The van der Waals surface area contributed by atoms with E-state index in [0.717, 1.165) is 23.8 Å². The molecule has 0 bridgehead atoms. The van der Waals surface area contributed by atoms with Crippen molar-refractivity contribution in [1.82, 2.24) is 9.74 Å². The summed E-state index contributed by atoms with van der Waals surface area (Å²) in [6.07, 6.45) is 2.75. The maximum Gasteiger partial charge on any atom is 0.225 e. The van der Waals surface area contributed by atoms with Crippen LogP contribution in [0.2, 0.25) is 0 Å². The van der Waals surface area contributed by atoms with Crippen molar-refractivity contribution in [3.63, 3.8) is 0 Å². The highest BCUT2D eigenvalue weighted by atomic mass is 35.5. The highest BCUT2D eigenvalue weighted by molar-refractivity contribution is 6.18. The fourth-order valence-corrected chi connectivity index (χ4v) is 1.12. The van der Waals surface area contributed by atoms with Gasteiger partial charge in [-0.3, -0.25) is 10.1 Å². The Hall–Kier alpha value is -0.280. The topological polar surface area (TPSA) is 32.3 Å². The fraction of sp³-hybridized carbons (Fsp3) is 0.800. The third-order valence-electron chi connectivity index (χ3n) is 1.43. The summed E-state index contributed by atoms with van der Waals surface area (Å²) < 4.78 is 1.15. The largest absolute Gasteiger partial charge is 0.296 e. The highest BCUT2D eigenvalue weighted by Crippen LogP contribution is 2.09. The quantitative estimate of drug-likeness (QED) is 0.452. The normalized spacial score (nSPS) is 26.1. The molecule has 0 aromatic carbocycles. The second-order valence-electron chi connectivity index (χ2n) is 2.06. The fourth-order valence-electron chi connectivity index (χ4n) is 0.950. The monoisotopic (exact) mass is 148 g/mol. The summed E-state index contributed by atoms with van der Waals surface area (Å²) in [6.45, 7) is 0.960. The molecule has 1 aliphatic heterocycles. The predicted molar refractivity (Wildman–Crippen MR) is 34.8 cm³/mol. The van der Waals surface area contributed by atoms with E-state index in [2.05, 4.69) is 5.32 Å². The Balaban J connectivity index is 2.32. The number of hydrogen-bond acceptors (Lipinski definition) is 2. The number of nitrogens with zero attached hydrogens (tertiary/aromatic N) is 1. The molecule has 1 fully saturated rings. The zero-order chi connectivity index (χ0) is 6.69. The Morgan fingerprint density at radius 1 is 1.78 bits per heavy atom. The Kier molecular flexibility index (Phi) is 2.30. The van der Waals surface area contributed by atoms with Crippen molar-refractivity contribution in [2.24, 2.45) is 0 Å². The van der Waals surface area contributed by atoms with Gasteiger partial charge in [-0.2, -0.15) is 0 Å². The van der Waals surface area contributed by atoms with Crippen molar-refractivity contribution in [2.45, 2.75) is 19.0 Å². The Morgan fingerprint density at radius 2 is 2.56 bits per heavy atom. The molecule has 52 valence electrons. The molecule has 4 heteroatoms. The third-order valence-corrected chi connectivity index (χ3v) is 1.75. The van der Waals surface area contributed by atoms with Gasteiger partial charge in [0.1, 0.15) is 0 Å². The Morgan fingerprint density at radius 3 is 3.00 bits per heavy atom. The molecule has 1 amide bonds. The van der Waals surface area contributed by atoms with E-state index in [4.69, 9.17) is 11.8 Å². The average molecular weight is 149 g/mol. The Labute approximate surface area is 59.1 Å². The maximum absolute atomic E-state index is 10.0. The summed E-state index contributed by atoms with van der Waals surface area (Å²) >= 11 is 5.47. The lowest BCUT2D eigenvalue weighted by atomic mass is 10.3. The van der Waals surface area contributed by atoms with Crippen LogP contribution < -0.4 is 5.32 Å². The predicted octanol–water partition coefficient (Wildman–Crippen LogP) is 0.308. The first-order valence-corrected chi connectivity index (χ1v) is 3.31. The van der Waals surface area contributed by atoms with Gasteiger partial charge in [-0.1, -0.05) is 0 Å².